The summed E-state index contributed by atoms with van der Waals surface area (Å²) in [5, 5.41) is 3.10. The van der Waals surface area contributed by atoms with Crippen LogP contribution in [0.4, 0.5) is 4.79 Å². The summed E-state index contributed by atoms with van der Waals surface area (Å²) >= 11 is 1.65. The van der Waals surface area contributed by atoms with E-state index < -0.39 is 14.4 Å². The van der Waals surface area contributed by atoms with Crippen LogP contribution in [-0.2, 0) is 9.16 Å². The van der Waals surface area contributed by atoms with E-state index in [0.717, 1.165) is 10.5 Å². The van der Waals surface area contributed by atoms with Crippen molar-refractivity contribution >= 4 is 26.2 Å². The normalized spacial score (nSPS) is 15.2. The Morgan fingerprint density at radius 3 is 2.27 bits per heavy atom. The molecule has 0 unspecified atom stereocenters. The lowest BCUT2D eigenvalue weighted by atomic mass is 9.94. The molecule has 0 bridgehead atoms. The van der Waals surface area contributed by atoms with Gasteiger partial charge in [-0.25, -0.2) is 4.79 Å². The van der Waals surface area contributed by atoms with Crippen molar-refractivity contribution in [3.63, 3.8) is 0 Å². The monoisotopic (exact) mass is 395 g/mol. The largest absolute Gasteiger partial charge is 0.548 e. The van der Waals surface area contributed by atoms with Crippen molar-refractivity contribution in [3.8, 4) is 0 Å². The average Bonchev–Trinajstić information content (AvgIpc) is 2.59. The third kappa shape index (κ3) is 6.09. The van der Waals surface area contributed by atoms with Gasteiger partial charge in [-0.3, -0.25) is 0 Å². The first-order valence-electron chi connectivity index (χ1n) is 8.84. The lowest BCUT2D eigenvalue weighted by Gasteiger charge is -2.36. The molecule has 0 aliphatic carbocycles. The Bertz CT molecular complexity index is 611. The Balaban J connectivity index is 3.11. The van der Waals surface area contributed by atoms with Gasteiger partial charge in [-0.15, -0.1) is 11.8 Å². The molecule has 0 spiro atoms. The molecule has 0 aliphatic rings. The second-order valence-electron chi connectivity index (χ2n) is 7.92. The molecular weight excluding hydrogens is 362 g/mol. The topological polar surface area (TPSA) is 47.6 Å². The van der Waals surface area contributed by atoms with E-state index in [-0.39, 0.29) is 17.0 Å². The molecule has 26 heavy (non-hydrogen) atoms. The fourth-order valence-corrected chi connectivity index (χ4v) is 3.74. The molecule has 146 valence electrons. The molecule has 0 heterocycles. The quantitative estimate of drug-likeness (QED) is 0.458. The minimum atomic E-state index is -1.88. The maximum atomic E-state index is 11.9. The number of carbonyl (C=O) groups is 1. The molecule has 2 atom stereocenters. The summed E-state index contributed by atoms with van der Waals surface area (Å²) < 4.78 is 11.1. The average molecular weight is 396 g/mol. The number of alkyl carbamates (subject to hydrolysis) is 1. The van der Waals surface area contributed by atoms with Gasteiger partial charge in [0.15, 0.2) is 0 Å². The number of methoxy groups -OCH3 is 1. The van der Waals surface area contributed by atoms with Crippen LogP contribution in [0.15, 0.2) is 41.5 Å². The van der Waals surface area contributed by atoms with Crippen LogP contribution in [0.1, 0.15) is 39.3 Å². The number of carbonyl (C=O) groups excluding carboxylic acids is 1. The van der Waals surface area contributed by atoms with Gasteiger partial charge in [-0.1, -0.05) is 58.0 Å². The highest BCUT2D eigenvalue weighted by atomic mass is 32.2. The molecule has 0 fully saturated rings. The molecular formula is C20H33NO3SSi. The Kier molecular flexibility index (Phi) is 8.28. The molecule has 0 saturated carbocycles. The van der Waals surface area contributed by atoms with Gasteiger partial charge in [0.05, 0.1) is 19.4 Å². The van der Waals surface area contributed by atoms with Crippen LogP contribution in [0.25, 0.3) is 0 Å². The van der Waals surface area contributed by atoms with Crippen molar-refractivity contribution in [1.29, 1.82) is 0 Å². The number of hydrogen-bond acceptors (Lipinski definition) is 4. The smallest absolute Gasteiger partial charge is 0.407 e. The maximum Gasteiger partial charge on any atom is 0.407 e. The van der Waals surface area contributed by atoms with Gasteiger partial charge in [0.25, 0.3) is 0 Å². The number of hydrogen-bond donors (Lipinski definition) is 1. The van der Waals surface area contributed by atoms with E-state index in [9.17, 15) is 4.79 Å². The summed E-state index contributed by atoms with van der Waals surface area (Å²) in [5.41, 5.74) is 1.04. The van der Waals surface area contributed by atoms with Gasteiger partial charge < -0.3 is 14.5 Å². The molecule has 1 aromatic rings. The van der Waals surface area contributed by atoms with E-state index in [2.05, 4.69) is 46.1 Å². The highest BCUT2D eigenvalue weighted by molar-refractivity contribution is 8.02. The first-order chi connectivity index (χ1) is 12.0. The van der Waals surface area contributed by atoms with Gasteiger partial charge in [0.1, 0.15) is 0 Å². The van der Waals surface area contributed by atoms with Gasteiger partial charge >= 0.3 is 6.09 Å². The van der Waals surface area contributed by atoms with Crippen LogP contribution in [0.3, 0.4) is 0 Å². The Morgan fingerprint density at radius 1 is 1.23 bits per heavy atom. The number of amides is 1. The molecule has 0 saturated heterocycles. The van der Waals surface area contributed by atoms with Crippen molar-refractivity contribution < 1.29 is 14.0 Å². The second kappa shape index (κ2) is 9.51. The zero-order valence-corrected chi connectivity index (χ0v) is 19.1. The molecule has 4 nitrogen and oxygen atoms in total. The van der Waals surface area contributed by atoms with E-state index in [1.807, 2.05) is 42.8 Å². The van der Waals surface area contributed by atoms with E-state index in [1.54, 1.807) is 11.8 Å². The number of rotatable bonds is 7. The predicted molar refractivity (Wildman–Crippen MR) is 114 cm³/mol. The first kappa shape index (κ1) is 22.6. The van der Waals surface area contributed by atoms with Crippen LogP contribution in [-0.4, -0.2) is 27.8 Å². The van der Waals surface area contributed by atoms with Gasteiger partial charge in [0.2, 0.25) is 8.32 Å². The fraction of sp³-hybridized carbons (Fsp3) is 0.550. The highest BCUT2D eigenvalue weighted by Gasteiger charge is 2.38. The Hall–Kier alpha value is -1.40. The third-order valence-electron chi connectivity index (χ3n) is 5.08. The molecule has 1 N–H and O–H groups in total. The van der Waals surface area contributed by atoms with Crippen LogP contribution >= 0.6 is 11.8 Å². The van der Waals surface area contributed by atoms with Gasteiger partial charge in [0, 0.05) is 10.8 Å². The Morgan fingerprint density at radius 2 is 1.81 bits per heavy atom. The number of thioether (sulfide) groups is 1. The molecule has 0 radical (unpaired) electrons. The van der Waals surface area contributed by atoms with Crippen molar-refractivity contribution in [1.82, 2.24) is 5.32 Å². The minimum Gasteiger partial charge on any atom is -0.548 e. The predicted octanol–water partition coefficient (Wildman–Crippen LogP) is 5.95. The van der Waals surface area contributed by atoms with Crippen LogP contribution in [0.2, 0.25) is 18.1 Å². The molecule has 1 amide bonds. The summed E-state index contributed by atoms with van der Waals surface area (Å²) in [6.07, 6.45) is 3.51. The molecule has 0 aliphatic heterocycles. The van der Waals surface area contributed by atoms with Crippen molar-refractivity contribution in [2.75, 3.05) is 13.4 Å². The fourth-order valence-electron chi connectivity index (χ4n) is 2.23. The van der Waals surface area contributed by atoms with Crippen molar-refractivity contribution in [2.45, 2.75) is 51.9 Å². The van der Waals surface area contributed by atoms with Crippen LogP contribution in [0, 0.1) is 5.92 Å². The zero-order valence-electron chi connectivity index (χ0n) is 17.3. The second-order valence-corrected chi connectivity index (χ2v) is 13.6. The number of nitrogens with one attached hydrogen (secondary N) is 1. The van der Waals surface area contributed by atoms with Crippen molar-refractivity contribution in [3.05, 3.63) is 47.1 Å². The molecule has 6 heteroatoms. The van der Waals surface area contributed by atoms with Crippen molar-refractivity contribution in [2.24, 2.45) is 5.92 Å². The summed E-state index contributed by atoms with van der Waals surface area (Å²) in [6.45, 7) is 13.2. The Labute approximate surface area is 163 Å². The molecule has 1 aromatic carbocycles. The van der Waals surface area contributed by atoms with E-state index in [4.69, 9.17) is 9.16 Å². The summed E-state index contributed by atoms with van der Waals surface area (Å²) in [4.78, 5) is 13.0. The first-order valence-corrected chi connectivity index (χ1v) is 13.0. The summed E-state index contributed by atoms with van der Waals surface area (Å²) in [7, 11) is -0.502. The van der Waals surface area contributed by atoms with E-state index in [1.165, 1.54) is 7.11 Å². The lowest BCUT2D eigenvalue weighted by molar-refractivity contribution is 0.164. The van der Waals surface area contributed by atoms with Crippen LogP contribution in [0.5, 0.6) is 0 Å². The highest BCUT2D eigenvalue weighted by Crippen LogP contribution is 2.39. The van der Waals surface area contributed by atoms with Gasteiger partial charge in [-0.05, 0) is 30.0 Å². The SMILES string of the molecule is COC(=O)N[C@@H](c1ccccc1)[C@H](C)/C(=C/O[Si](C)(C)C(C)(C)C)SC. The van der Waals surface area contributed by atoms with E-state index in [0.29, 0.717) is 0 Å². The maximum absolute atomic E-state index is 11.9. The number of benzene rings is 1. The number of ether oxygens (including phenoxy) is 1. The molecule has 1 rings (SSSR count). The standard InChI is InChI=1S/C20H33NO3SSi/c1-15(17(25-6)14-24-26(7,8)20(2,3)4)18(21-19(22)23-5)16-12-10-9-11-13-16/h9-15,18H,1-8H3,(H,21,22)/b17-14-/t15-,18-/m1/s1. The summed E-state index contributed by atoms with van der Waals surface area (Å²) in [5.74, 6) is 0.0521. The summed E-state index contributed by atoms with van der Waals surface area (Å²) in [6, 6.07) is 9.76. The minimum absolute atomic E-state index is 0.0521. The zero-order chi connectivity index (χ0) is 20.0. The third-order valence-corrected chi connectivity index (χ3v) is 10.3. The van der Waals surface area contributed by atoms with Gasteiger partial charge in [-0.2, -0.15) is 0 Å². The van der Waals surface area contributed by atoms with Crippen LogP contribution < -0.4 is 5.32 Å². The molecule has 0 aromatic heterocycles. The lowest BCUT2D eigenvalue weighted by Crippen LogP contribution is -2.39. The van der Waals surface area contributed by atoms with E-state index >= 15 is 0 Å².